The molecule has 1 rings (SSSR count). The summed E-state index contributed by atoms with van der Waals surface area (Å²) < 4.78 is 12.4. The molecule has 0 bridgehead atoms. The number of unbranched alkanes of at least 4 members (excludes halogenated alkanes) is 18. The van der Waals surface area contributed by atoms with E-state index < -0.39 is 0 Å². The minimum Gasteiger partial charge on any atom is -0.381 e. The van der Waals surface area contributed by atoms with E-state index in [0.29, 0.717) is 5.92 Å². The van der Waals surface area contributed by atoms with E-state index in [-0.39, 0.29) is 0 Å². The Morgan fingerprint density at radius 3 is 1.35 bits per heavy atom. The fraction of sp³-hybridized carbons (Fsp3) is 0.830. The van der Waals surface area contributed by atoms with E-state index in [9.17, 15) is 0 Å². The lowest BCUT2D eigenvalue weighted by atomic mass is 10.1. The fourth-order valence-corrected chi connectivity index (χ4v) is 6.79. The van der Waals surface area contributed by atoms with Crippen LogP contribution in [0.5, 0.6) is 0 Å². The third kappa shape index (κ3) is 36.9. The summed E-state index contributed by atoms with van der Waals surface area (Å²) in [6.07, 6.45) is 53.7. The molecule has 0 aromatic heterocycles. The minimum absolute atomic E-state index is 0.450. The molecule has 51 heavy (non-hydrogen) atoms. The lowest BCUT2D eigenvalue weighted by Crippen LogP contribution is -2.32. The summed E-state index contributed by atoms with van der Waals surface area (Å²) in [6.45, 7) is 13.9. The number of hydrogen-bond donors (Lipinski definition) is 1. The molecule has 1 aliphatic heterocycles. The average Bonchev–Trinajstić information content (AvgIpc) is 3.67. The van der Waals surface area contributed by atoms with Crippen LogP contribution in [0.1, 0.15) is 187 Å². The first kappa shape index (κ1) is 47.8. The summed E-state index contributed by atoms with van der Waals surface area (Å²) in [7, 11) is 0. The van der Waals surface area contributed by atoms with Gasteiger partial charge in [-0.05, 0) is 122 Å². The van der Waals surface area contributed by atoms with E-state index in [4.69, 9.17) is 9.47 Å². The lowest BCUT2D eigenvalue weighted by molar-refractivity contribution is 0.0368. The van der Waals surface area contributed by atoms with Crippen molar-refractivity contribution in [3.05, 3.63) is 48.6 Å². The van der Waals surface area contributed by atoms with Crippen molar-refractivity contribution < 1.29 is 9.47 Å². The van der Waals surface area contributed by atoms with Gasteiger partial charge in [-0.2, -0.15) is 0 Å². The molecule has 1 heterocycles. The van der Waals surface area contributed by atoms with Crippen molar-refractivity contribution in [3.8, 4) is 0 Å². The van der Waals surface area contributed by atoms with Crippen molar-refractivity contribution in [1.29, 1.82) is 0 Å². The van der Waals surface area contributed by atoms with Gasteiger partial charge in [0.25, 0.3) is 0 Å². The average molecular weight is 713 g/mol. The van der Waals surface area contributed by atoms with Gasteiger partial charge in [0.1, 0.15) is 0 Å². The summed E-state index contributed by atoms with van der Waals surface area (Å²) in [6, 6.07) is 0. The summed E-state index contributed by atoms with van der Waals surface area (Å²) in [4.78, 5) is 2.62. The predicted octanol–water partition coefficient (Wildman–Crippen LogP) is 13.3. The van der Waals surface area contributed by atoms with Gasteiger partial charge in [0.15, 0.2) is 0 Å². The van der Waals surface area contributed by atoms with Gasteiger partial charge in [-0.15, -0.1) is 0 Å². The fourth-order valence-electron chi connectivity index (χ4n) is 6.79. The smallest absolute Gasteiger partial charge is 0.0528 e. The standard InChI is InChI=1S/C47H88N2O2/c1-3-5-7-9-11-13-15-17-19-21-23-25-27-29-31-35-42-50-45-47(44-48-38-37-41-49-39-33-34-40-49)46-51-43-36-32-30-28-26-24-22-20-18-16-14-12-10-8-6-4-2/h11-14,17-20,47-48H,3-10,15-16,21-46H2,1-2H3/b13-11-,14-12-,19-17-,20-18-. The third-order valence-corrected chi connectivity index (χ3v) is 10.1. The Labute approximate surface area is 319 Å². The SMILES string of the molecule is CCCCC/C=C\C/C=C\CCCCCCCCOCC(CNCCCN1CCCC1)COCCCCCCCC/C=C\C/C=C\CCCCC. The van der Waals surface area contributed by atoms with Crippen LogP contribution >= 0.6 is 0 Å². The topological polar surface area (TPSA) is 33.7 Å². The Morgan fingerprint density at radius 1 is 0.490 bits per heavy atom. The maximum absolute atomic E-state index is 6.19. The summed E-state index contributed by atoms with van der Waals surface area (Å²) >= 11 is 0. The highest BCUT2D eigenvalue weighted by molar-refractivity contribution is 4.93. The van der Waals surface area contributed by atoms with Gasteiger partial charge >= 0.3 is 0 Å². The van der Waals surface area contributed by atoms with Crippen LogP contribution in [0.25, 0.3) is 0 Å². The molecule has 0 atom stereocenters. The van der Waals surface area contributed by atoms with Gasteiger partial charge in [0.2, 0.25) is 0 Å². The normalized spacial score (nSPS) is 14.3. The predicted molar refractivity (Wildman–Crippen MR) is 227 cm³/mol. The van der Waals surface area contributed by atoms with Gasteiger partial charge in [0.05, 0.1) is 13.2 Å². The van der Waals surface area contributed by atoms with E-state index in [1.807, 2.05) is 0 Å². The lowest BCUT2D eigenvalue weighted by Gasteiger charge is -2.19. The van der Waals surface area contributed by atoms with Crippen molar-refractivity contribution in [2.24, 2.45) is 5.92 Å². The number of nitrogens with zero attached hydrogens (tertiary/aromatic N) is 1. The highest BCUT2D eigenvalue weighted by Crippen LogP contribution is 2.11. The first-order chi connectivity index (χ1) is 25.4. The van der Waals surface area contributed by atoms with Crippen molar-refractivity contribution in [1.82, 2.24) is 10.2 Å². The second-order valence-corrected chi connectivity index (χ2v) is 15.3. The molecule has 4 heteroatoms. The highest BCUT2D eigenvalue weighted by Gasteiger charge is 2.12. The second-order valence-electron chi connectivity index (χ2n) is 15.3. The van der Waals surface area contributed by atoms with Crippen molar-refractivity contribution in [3.63, 3.8) is 0 Å². The Bertz CT molecular complexity index is 733. The molecule has 0 aromatic carbocycles. The Hall–Kier alpha value is -1.20. The van der Waals surface area contributed by atoms with Crippen LogP contribution in [0.15, 0.2) is 48.6 Å². The molecule has 1 N–H and O–H groups in total. The van der Waals surface area contributed by atoms with Crippen molar-refractivity contribution in [2.75, 3.05) is 59.2 Å². The Kier molecular flexibility index (Phi) is 39.0. The maximum Gasteiger partial charge on any atom is 0.0528 e. The van der Waals surface area contributed by atoms with Gasteiger partial charge in [0, 0.05) is 25.7 Å². The van der Waals surface area contributed by atoms with Crippen molar-refractivity contribution in [2.45, 2.75) is 187 Å². The van der Waals surface area contributed by atoms with Gasteiger partial charge in [-0.3, -0.25) is 0 Å². The number of ether oxygens (including phenoxy) is 2. The zero-order valence-corrected chi connectivity index (χ0v) is 34.4. The van der Waals surface area contributed by atoms with Crippen LogP contribution in [0.4, 0.5) is 0 Å². The van der Waals surface area contributed by atoms with E-state index in [0.717, 1.165) is 52.4 Å². The van der Waals surface area contributed by atoms with Gasteiger partial charge in [-0.1, -0.05) is 140 Å². The van der Waals surface area contributed by atoms with Crippen LogP contribution in [0.3, 0.4) is 0 Å². The number of allylic oxidation sites excluding steroid dienone is 8. The second kappa shape index (κ2) is 41.6. The van der Waals surface area contributed by atoms with Crippen LogP contribution in [-0.4, -0.2) is 64.1 Å². The number of hydrogen-bond acceptors (Lipinski definition) is 4. The monoisotopic (exact) mass is 713 g/mol. The van der Waals surface area contributed by atoms with Gasteiger partial charge in [-0.25, -0.2) is 0 Å². The summed E-state index contributed by atoms with van der Waals surface area (Å²) in [5.41, 5.74) is 0. The van der Waals surface area contributed by atoms with Crippen LogP contribution < -0.4 is 5.32 Å². The van der Waals surface area contributed by atoms with E-state index in [1.54, 1.807) is 0 Å². The molecular weight excluding hydrogens is 625 g/mol. The van der Waals surface area contributed by atoms with Gasteiger partial charge < -0.3 is 19.7 Å². The molecule has 0 unspecified atom stereocenters. The number of nitrogens with one attached hydrogen (secondary N) is 1. The molecule has 4 nitrogen and oxygen atoms in total. The van der Waals surface area contributed by atoms with E-state index in [2.05, 4.69) is 72.7 Å². The quantitative estimate of drug-likeness (QED) is 0.0506. The van der Waals surface area contributed by atoms with Crippen LogP contribution in [0, 0.1) is 5.92 Å². The molecule has 298 valence electrons. The largest absolute Gasteiger partial charge is 0.381 e. The van der Waals surface area contributed by atoms with Crippen LogP contribution in [-0.2, 0) is 9.47 Å². The maximum atomic E-state index is 6.19. The zero-order valence-electron chi connectivity index (χ0n) is 34.4. The molecular formula is C47H88N2O2. The Balaban J connectivity index is 2.05. The molecule has 0 amide bonds. The molecule has 1 saturated heterocycles. The first-order valence-electron chi connectivity index (χ1n) is 22.5. The molecule has 0 aliphatic carbocycles. The molecule has 1 aliphatic rings. The molecule has 0 spiro atoms. The zero-order chi connectivity index (χ0) is 36.4. The minimum atomic E-state index is 0.450. The molecule has 1 fully saturated rings. The number of likely N-dealkylation sites (tertiary alicyclic amines) is 1. The Morgan fingerprint density at radius 2 is 0.902 bits per heavy atom. The first-order valence-corrected chi connectivity index (χ1v) is 22.5. The molecule has 0 radical (unpaired) electrons. The highest BCUT2D eigenvalue weighted by atomic mass is 16.5. The molecule has 0 saturated carbocycles. The number of rotatable bonds is 40. The molecule has 0 aromatic rings. The summed E-state index contributed by atoms with van der Waals surface area (Å²) in [5.74, 6) is 0.450. The van der Waals surface area contributed by atoms with Crippen molar-refractivity contribution >= 4 is 0 Å². The van der Waals surface area contributed by atoms with E-state index in [1.165, 1.54) is 180 Å². The van der Waals surface area contributed by atoms with E-state index >= 15 is 0 Å². The third-order valence-electron chi connectivity index (χ3n) is 10.1. The summed E-state index contributed by atoms with van der Waals surface area (Å²) in [5, 5.41) is 3.72. The van der Waals surface area contributed by atoms with Crippen LogP contribution in [0.2, 0.25) is 0 Å².